The second kappa shape index (κ2) is 5.18. The average Bonchev–Trinajstić information content (AvgIpc) is 2.43. The Balaban J connectivity index is 1.70. The summed E-state index contributed by atoms with van der Waals surface area (Å²) in [6, 6.07) is 0. The van der Waals surface area contributed by atoms with Gasteiger partial charge in [-0.15, -0.1) is 0 Å². The molecule has 0 atom stereocenters. The Labute approximate surface area is 119 Å². The van der Waals surface area contributed by atoms with Crippen LogP contribution < -0.4 is 10.6 Å². The van der Waals surface area contributed by atoms with E-state index in [9.17, 15) is 0 Å². The molecule has 1 aromatic heterocycles. The quantitative estimate of drug-likeness (QED) is 0.814. The summed E-state index contributed by atoms with van der Waals surface area (Å²) in [7, 11) is 2.17. The minimum Gasteiger partial charge on any atom is -0.372 e. The predicted molar refractivity (Wildman–Crippen MR) is 78.8 cm³/mol. The number of nitrogens with two attached hydrogens (primary N) is 1. The summed E-state index contributed by atoms with van der Waals surface area (Å²) in [6.07, 6.45) is 3.88. The molecular formula is C14H23N5O. The minimum absolute atomic E-state index is 0.0377. The Morgan fingerprint density at radius 2 is 2.05 bits per heavy atom. The first kappa shape index (κ1) is 13.6. The molecule has 0 aliphatic carbocycles. The third kappa shape index (κ3) is 2.58. The van der Waals surface area contributed by atoms with Gasteiger partial charge in [0.2, 0.25) is 5.95 Å². The van der Waals surface area contributed by atoms with Crippen LogP contribution in [0.25, 0.3) is 0 Å². The molecule has 3 rings (SSSR count). The molecule has 2 aliphatic heterocycles. The van der Waals surface area contributed by atoms with Crippen molar-refractivity contribution in [2.75, 3.05) is 50.5 Å². The molecule has 0 bridgehead atoms. The molecule has 2 saturated heterocycles. The van der Waals surface area contributed by atoms with E-state index >= 15 is 0 Å². The predicted octanol–water partition coefficient (Wildman–Crippen LogP) is 0.668. The third-order valence-electron chi connectivity index (χ3n) is 4.38. The Kier molecular flexibility index (Phi) is 3.52. The van der Waals surface area contributed by atoms with Crippen molar-refractivity contribution in [1.82, 2.24) is 14.9 Å². The fraction of sp³-hybridized carbons (Fsp3) is 0.714. The van der Waals surface area contributed by atoms with Gasteiger partial charge in [-0.25, -0.2) is 4.98 Å². The number of rotatable bonds is 1. The Hall–Kier alpha value is -1.40. The van der Waals surface area contributed by atoms with Crippen LogP contribution in [0.1, 0.15) is 18.4 Å². The summed E-state index contributed by atoms with van der Waals surface area (Å²) in [4.78, 5) is 13.1. The van der Waals surface area contributed by atoms with E-state index in [0.717, 1.165) is 57.0 Å². The van der Waals surface area contributed by atoms with Crippen LogP contribution in [-0.4, -0.2) is 60.3 Å². The molecule has 0 aromatic carbocycles. The van der Waals surface area contributed by atoms with Crippen molar-refractivity contribution in [3.63, 3.8) is 0 Å². The van der Waals surface area contributed by atoms with Crippen LogP contribution in [0.15, 0.2) is 6.20 Å². The van der Waals surface area contributed by atoms with Crippen LogP contribution in [0, 0.1) is 6.92 Å². The molecule has 20 heavy (non-hydrogen) atoms. The minimum atomic E-state index is 0.0377. The number of ether oxygens (including phenoxy) is 1. The number of aromatic nitrogens is 2. The van der Waals surface area contributed by atoms with Gasteiger partial charge in [-0.2, -0.15) is 4.98 Å². The number of piperidine rings is 1. The summed E-state index contributed by atoms with van der Waals surface area (Å²) in [5.41, 5.74) is 6.83. The number of likely N-dealkylation sites (N-methyl/N-ethyl adjacent to an activating group) is 1. The number of nitrogen functional groups attached to an aromatic ring is 1. The zero-order valence-corrected chi connectivity index (χ0v) is 12.3. The Morgan fingerprint density at radius 1 is 1.30 bits per heavy atom. The number of hydrogen-bond donors (Lipinski definition) is 1. The van der Waals surface area contributed by atoms with Crippen LogP contribution in [0.2, 0.25) is 0 Å². The molecule has 6 heteroatoms. The molecular weight excluding hydrogens is 254 g/mol. The first-order valence-electron chi connectivity index (χ1n) is 7.25. The lowest BCUT2D eigenvalue weighted by molar-refractivity contribution is -0.115. The van der Waals surface area contributed by atoms with Gasteiger partial charge < -0.3 is 20.3 Å². The molecule has 1 aromatic rings. The highest BCUT2D eigenvalue weighted by atomic mass is 16.5. The van der Waals surface area contributed by atoms with Crippen molar-refractivity contribution in [2.24, 2.45) is 0 Å². The molecule has 2 aliphatic rings. The van der Waals surface area contributed by atoms with Gasteiger partial charge in [0.15, 0.2) is 0 Å². The van der Waals surface area contributed by atoms with E-state index in [0.29, 0.717) is 5.95 Å². The Morgan fingerprint density at radius 3 is 2.75 bits per heavy atom. The zero-order valence-electron chi connectivity index (χ0n) is 12.3. The zero-order chi connectivity index (χ0) is 14.2. The fourth-order valence-corrected chi connectivity index (χ4v) is 3.23. The van der Waals surface area contributed by atoms with Crippen molar-refractivity contribution >= 4 is 11.8 Å². The smallest absolute Gasteiger partial charge is 0.221 e. The van der Waals surface area contributed by atoms with E-state index in [4.69, 9.17) is 10.5 Å². The van der Waals surface area contributed by atoms with Crippen LogP contribution in [0.5, 0.6) is 0 Å². The van der Waals surface area contributed by atoms with Gasteiger partial charge in [-0.1, -0.05) is 0 Å². The standard InChI is InChI=1S/C14H23N5O/c1-11-9-16-13(15)17-12(11)19-5-3-14(4-6-19)10-18(2)7-8-20-14/h9H,3-8,10H2,1-2H3,(H2,15,16,17). The van der Waals surface area contributed by atoms with Gasteiger partial charge in [-0.05, 0) is 26.8 Å². The first-order chi connectivity index (χ1) is 9.58. The summed E-state index contributed by atoms with van der Waals surface area (Å²) < 4.78 is 6.09. The van der Waals surface area contributed by atoms with Crippen molar-refractivity contribution in [1.29, 1.82) is 0 Å². The summed E-state index contributed by atoms with van der Waals surface area (Å²) in [6.45, 7) is 6.87. The van der Waals surface area contributed by atoms with Crippen LogP contribution >= 0.6 is 0 Å². The monoisotopic (exact) mass is 277 g/mol. The van der Waals surface area contributed by atoms with Crippen LogP contribution in [-0.2, 0) is 4.74 Å². The van der Waals surface area contributed by atoms with Crippen molar-refractivity contribution in [3.8, 4) is 0 Å². The van der Waals surface area contributed by atoms with Crippen molar-refractivity contribution in [3.05, 3.63) is 11.8 Å². The van der Waals surface area contributed by atoms with Gasteiger partial charge in [0.1, 0.15) is 5.82 Å². The van der Waals surface area contributed by atoms with E-state index in [2.05, 4.69) is 26.8 Å². The number of morpholine rings is 1. The Bertz CT molecular complexity index is 484. The summed E-state index contributed by atoms with van der Waals surface area (Å²) >= 11 is 0. The molecule has 110 valence electrons. The van der Waals surface area contributed by atoms with E-state index in [1.807, 2.05) is 6.92 Å². The van der Waals surface area contributed by atoms with E-state index in [-0.39, 0.29) is 5.60 Å². The first-order valence-corrected chi connectivity index (χ1v) is 7.25. The highest BCUT2D eigenvalue weighted by Crippen LogP contribution is 2.32. The van der Waals surface area contributed by atoms with Gasteiger partial charge >= 0.3 is 0 Å². The second-order valence-corrected chi connectivity index (χ2v) is 5.99. The van der Waals surface area contributed by atoms with Crippen LogP contribution in [0.3, 0.4) is 0 Å². The summed E-state index contributed by atoms with van der Waals surface area (Å²) in [5, 5.41) is 0. The van der Waals surface area contributed by atoms with Gasteiger partial charge in [-0.3, -0.25) is 0 Å². The lowest BCUT2D eigenvalue weighted by Crippen LogP contribution is -2.56. The number of nitrogens with zero attached hydrogens (tertiary/aromatic N) is 4. The average molecular weight is 277 g/mol. The van der Waals surface area contributed by atoms with Gasteiger partial charge in [0.05, 0.1) is 12.2 Å². The number of aryl methyl sites for hydroxylation is 1. The molecule has 2 N–H and O–H groups in total. The maximum Gasteiger partial charge on any atom is 0.221 e. The van der Waals surface area contributed by atoms with Gasteiger partial charge in [0.25, 0.3) is 0 Å². The number of anilines is 2. The van der Waals surface area contributed by atoms with Gasteiger partial charge in [0, 0.05) is 37.9 Å². The SMILES string of the molecule is Cc1cnc(N)nc1N1CCC2(CC1)CN(C)CCO2. The highest BCUT2D eigenvalue weighted by Gasteiger charge is 2.39. The topological polar surface area (TPSA) is 67.5 Å². The number of hydrogen-bond acceptors (Lipinski definition) is 6. The highest BCUT2D eigenvalue weighted by molar-refractivity contribution is 5.48. The summed E-state index contributed by atoms with van der Waals surface area (Å²) in [5.74, 6) is 1.32. The lowest BCUT2D eigenvalue weighted by Gasteiger charge is -2.46. The van der Waals surface area contributed by atoms with Crippen molar-refractivity contribution < 1.29 is 4.74 Å². The van der Waals surface area contributed by atoms with E-state index in [1.165, 1.54) is 0 Å². The lowest BCUT2D eigenvalue weighted by atomic mass is 9.89. The van der Waals surface area contributed by atoms with Crippen molar-refractivity contribution in [2.45, 2.75) is 25.4 Å². The molecule has 0 amide bonds. The molecule has 3 heterocycles. The molecule has 0 radical (unpaired) electrons. The fourth-order valence-electron chi connectivity index (χ4n) is 3.23. The molecule has 6 nitrogen and oxygen atoms in total. The third-order valence-corrected chi connectivity index (χ3v) is 4.38. The normalized spacial score (nSPS) is 23.2. The van der Waals surface area contributed by atoms with Crippen LogP contribution in [0.4, 0.5) is 11.8 Å². The second-order valence-electron chi connectivity index (χ2n) is 5.99. The largest absolute Gasteiger partial charge is 0.372 e. The molecule has 2 fully saturated rings. The van der Waals surface area contributed by atoms with E-state index < -0.39 is 0 Å². The maximum absolute atomic E-state index is 6.09. The van der Waals surface area contributed by atoms with E-state index in [1.54, 1.807) is 6.20 Å². The molecule has 0 saturated carbocycles. The maximum atomic E-state index is 6.09. The molecule has 1 spiro atoms. The molecule has 0 unspecified atom stereocenters.